The Balaban J connectivity index is 1.63. The summed E-state index contributed by atoms with van der Waals surface area (Å²) in [4.78, 5) is 25.0. The summed E-state index contributed by atoms with van der Waals surface area (Å²) in [6.45, 7) is 3.73. The highest BCUT2D eigenvalue weighted by Gasteiger charge is 2.30. The summed E-state index contributed by atoms with van der Waals surface area (Å²) in [5.74, 6) is -0.274. The second-order valence-corrected chi connectivity index (χ2v) is 7.38. The van der Waals surface area contributed by atoms with Gasteiger partial charge in [0.2, 0.25) is 0 Å². The number of amides is 2. The molecule has 1 unspecified atom stereocenters. The SMILES string of the molecule is CCC(Oc1ccccc1C)C(=O)Nc1ccc(C(=O)Nc2cccc(C(F)(F)F)c2)cc1. The van der Waals surface area contributed by atoms with Gasteiger partial charge in [-0.3, -0.25) is 9.59 Å². The quantitative estimate of drug-likeness (QED) is 0.454. The Labute approximate surface area is 189 Å². The van der Waals surface area contributed by atoms with E-state index in [1.807, 2.05) is 32.0 Å². The van der Waals surface area contributed by atoms with E-state index in [4.69, 9.17) is 4.74 Å². The van der Waals surface area contributed by atoms with Crippen LogP contribution in [-0.2, 0) is 11.0 Å². The molecule has 0 spiro atoms. The fraction of sp³-hybridized carbons (Fsp3) is 0.200. The minimum Gasteiger partial charge on any atom is -0.480 e. The maximum absolute atomic E-state index is 12.8. The van der Waals surface area contributed by atoms with Crippen molar-refractivity contribution in [3.05, 3.63) is 89.5 Å². The summed E-state index contributed by atoms with van der Waals surface area (Å²) in [6, 6.07) is 17.8. The molecule has 0 aliphatic carbocycles. The van der Waals surface area contributed by atoms with Crippen LogP contribution in [0.2, 0.25) is 0 Å². The zero-order valence-electron chi connectivity index (χ0n) is 18.1. The fourth-order valence-electron chi connectivity index (χ4n) is 3.07. The van der Waals surface area contributed by atoms with Crippen molar-refractivity contribution in [2.75, 3.05) is 10.6 Å². The molecule has 0 fully saturated rings. The van der Waals surface area contributed by atoms with E-state index in [1.54, 1.807) is 18.2 Å². The lowest BCUT2D eigenvalue weighted by Gasteiger charge is -2.18. The minimum atomic E-state index is -4.50. The Bertz CT molecular complexity index is 1130. The monoisotopic (exact) mass is 456 g/mol. The van der Waals surface area contributed by atoms with Crippen molar-refractivity contribution in [3.63, 3.8) is 0 Å². The van der Waals surface area contributed by atoms with Gasteiger partial charge in [-0.2, -0.15) is 13.2 Å². The standard InChI is InChI=1S/C25H23F3N2O3/c1-3-21(33-22-10-5-4-7-16(22)2)24(32)29-19-13-11-17(12-14-19)23(31)30-20-9-6-8-18(15-20)25(26,27)28/h4-15,21H,3H2,1-2H3,(H,29,32)(H,30,31). The average molecular weight is 456 g/mol. The zero-order chi connectivity index (χ0) is 24.0. The number of alkyl halides is 3. The van der Waals surface area contributed by atoms with Crippen molar-refractivity contribution in [2.45, 2.75) is 32.5 Å². The van der Waals surface area contributed by atoms with Gasteiger partial charge >= 0.3 is 6.18 Å². The Morgan fingerprint density at radius 1 is 0.909 bits per heavy atom. The number of benzene rings is 3. The third-order valence-electron chi connectivity index (χ3n) is 4.89. The summed E-state index contributed by atoms with van der Waals surface area (Å²) in [6.07, 6.45) is -4.74. The van der Waals surface area contributed by atoms with Crippen molar-refractivity contribution in [1.82, 2.24) is 0 Å². The molecule has 172 valence electrons. The molecule has 1 atom stereocenters. The van der Waals surface area contributed by atoms with E-state index in [9.17, 15) is 22.8 Å². The molecule has 0 saturated heterocycles. The summed E-state index contributed by atoms with van der Waals surface area (Å²) in [5, 5.41) is 5.20. The molecule has 0 aromatic heterocycles. The number of hydrogen-bond acceptors (Lipinski definition) is 3. The molecule has 3 aromatic carbocycles. The number of rotatable bonds is 7. The summed E-state index contributed by atoms with van der Waals surface area (Å²) in [7, 11) is 0. The van der Waals surface area contributed by atoms with Gasteiger partial charge in [0.05, 0.1) is 5.56 Å². The van der Waals surface area contributed by atoms with Crippen LogP contribution in [0.5, 0.6) is 5.75 Å². The lowest BCUT2D eigenvalue weighted by molar-refractivity contribution is -0.137. The van der Waals surface area contributed by atoms with Gasteiger partial charge in [0.15, 0.2) is 6.10 Å². The number of carbonyl (C=O) groups excluding carboxylic acids is 2. The Morgan fingerprint density at radius 2 is 1.61 bits per heavy atom. The maximum atomic E-state index is 12.8. The van der Waals surface area contributed by atoms with Crippen molar-refractivity contribution < 1.29 is 27.5 Å². The number of aryl methyl sites for hydroxylation is 1. The zero-order valence-corrected chi connectivity index (χ0v) is 18.1. The first kappa shape index (κ1) is 23.8. The highest BCUT2D eigenvalue weighted by molar-refractivity contribution is 6.04. The van der Waals surface area contributed by atoms with Crippen molar-refractivity contribution in [3.8, 4) is 5.75 Å². The van der Waals surface area contributed by atoms with Crippen LogP contribution in [0.4, 0.5) is 24.5 Å². The van der Waals surface area contributed by atoms with Gasteiger partial charge in [0.1, 0.15) is 5.75 Å². The highest BCUT2D eigenvalue weighted by atomic mass is 19.4. The topological polar surface area (TPSA) is 67.4 Å². The third-order valence-corrected chi connectivity index (χ3v) is 4.89. The van der Waals surface area contributed by atoms with Crippen LogP contribution in [0.25, 0.3) is 0 Å². The lowest BCUT2D eigenvalue weighted by Crippen LogP contribution is -2.32. The van der Waals surface area contributed by atoms with Crippen LogP contribution >= 0.6 is 0 Å². The lowest BCUT2D eigenvalue weighted by atomic mass is 10.1. The number of anilines is 2. The smallest absolute Gasteiger partial charge is 0.416 e. The van der Waals surface area contributed by atoms with Crippen molar-refractivity contribution >= 4 is 23.2 Å². The van der Waals surface area contributed by atoms with Gasteiger partial charge < -0.3 is 15.4 Å². The predicted molar refractivity (Wildman–Crippen MR) is 120 cm³/mol. The van der Waals surface area contributed by atoms with Gasteiger partial charge in [0.25, 0.3) is 11.8 Å². The predicted octanol–water partition coefficient (Wildman–Crippen LogP) is 6.06. The van der Waals surface area contributed by atoms with Crippen LogP contribution in [-0.4, -0.2) is 17.9 Å². The third kappa shape index (κ3) is 6.35. The number of carbonyl (C=O) groups is 2. The maximum Gasteiger partial charge on any atom is 0.416 e. The minimum absolute atomic E-state index is 0.0337. The largest absolute Gasteiger partial charge is 0.480 e. The van der Waals surface area contributed by atoms with E-state index in [0.29, 0.717) is 17.9 Å². The molecule has 3 rings (SSSR count). The van der Waals surface area contributed by atoms with Crippen molar-refractivity contribution in [2.24, 2.45) is 0 Å². The van der Waals surface area contributed by atoms with Crippen molar-refractivity contribution in [1.29, 1.82) is 0 Å². The number of halogens is 3. The Hall–Kier alpha value is -3.81. The first-order valence-electron chi connectivity index (χ1n) is 10.3. The normalized spacial score (nSPS) is 12.0. The molecule has 2 amide bonds. The molecular weight excluding hydrogens is 433 g/mol. The molecule has 3 aromatic rings. The van der Waals surface area contributed by atoms with Crippen LogP contribution in [0.3, 0.4) is 0 Å². The Kier molecular flexibility index (Phi) is 7.37. The Morgan fingerprint density at radius 3 is 2.24 bits per heavy atom. The van der Waals surface area contributed by atoms with E-state index in [1.165, 1.54) is 24.3 Å². The number of hydrogen-bond donors (Lipinski definition) is 2. The first-order valence-corrected chi connectivity index (χ1v) is 10.3. The number of para-hydroxylation sites is 1. The molecule has 0 heterocycles. The summed E-state index contributed by atoms with van der Waals surface area (Å²) < 4.78 is 44.4. The number of nitrogens with one attached hydrogen (secondary N) is 2. The molecule has 8 heteroatoms. The molecule has 0 aliphatic rings. The van der Waals surface area contributed by atoms with E-state index >= 15 is 0 Å². The summed E-state index contributed by atoms with van der Waals surface area (Å²) in [5.41, 5.74) is 0.791. The highest BCUT2D eigenvalue weighted by Crippen LogP contribution is 2.30. The summed E-state index contributed by atoms with van der Waals surface area (Å²) >= 11 is 0. The van der Waals surface area contributed by atoms with Gasteiger partial charge in [-0.15, -0.1) is 0 Å². The van der Waals surface area contributed by atoms with Crippen LogP contribution < -0.4 is 15.4 Å². The average Bonchev–Trinajstić information content (AvgIpc) is 2.78. The second-order valence-electron chi connectivity index (χ2n) is 7.38. The molecule has 0 aliphatic heterocycles. The first-order chi connectivity index (χ1) is 15.7. The molecule has 0 radical (unpaired) electrons. The molecule has 0 bridgehead atoms. The molecule has 2 N–H and O–H groups in total. The van der Waals surface area contributed by atoms with Crippen LogP contribution in [0.15, 0.2) is 72.8 Å². The van der Waals surface area contributed by atoms with Gasteiger partial charge in [-0.25, -0.2) is 0 Å². The molecule has 5 nitrogen and oxygen atoms in total. The van der Waals surface area contributed by atoms with Crippen LogP contribution in [0.1, 0.15) is 34.8 Å². The van der Waals surface area contributed by atoms with Gasteiger partial charge in [0, 0.05) is 16.9 Å². The van der Waals surface area contributed by atoms with E-state index in [2.05, 4.69) is 10.6 Å². The fourth-order valence-corrected chi connectivity index (χ4v) is 3.07. The van der Waals surface area contributed by atoms with E-state index < -0.39 is 23.8 Å². The molecular formula is C25H23F3N2O3. The second kappa shape index (κ2) is 10.2. The van der Waals surface area contributed by atoms with E-state index in [-0.39, 0.29) is 17.2 Å². The van der Waals surface area contributed by atoms with Crippen LogP contribution in [0, 0.1) is 6.92 Å². The van der Waals surface area contributed by atoms with Gasteiger partial charge in [-0.1, -0.05) is 31.2 Å². The molecule has 0 saturated carbocycles. The van der Waals surface area contributed by atoms with E-state index in [0.717, 1.165) is 17.7 Å². The molecule has 33 heavy (non-hydrogen) atoms. The van der Waals surface area contributed by atoms with Gasteiger partial charge in [-0.05, 0) is 67.4 Å². The number of ether oxygens (including phenoxy) is 1.